The van der Waals surface area contributed by atoms with Gasteiger partial charge in [0.1, 0.15) is 0 Å². The predicted molar refractivity (Wildman–Crippen MR) is 90.1 cm³/mol. The second kappa shape index (κ2) is 7.29. The van der Waals surface area contributed by atoms with Crippen molar-refractivity contribution in [2.75, 3.05) is 14.2 Å². The van der Waals surface area contributed by atoms with Crippen LogP contribution >= 0.6 is 31.9 Å². The molecule has 0 saturated heterocycles. The Labute approximate surface area is 141 Å². The van der Waals surface area contributed by atoms with Crippen LogP contribution < -0.4 is 9.47 Å². The summed E-state index contributed by atoms with van der Waals surface area (Å²) in [5, 5.41) is 10.4. The molecule has 1 unspecified atom stereocenters. The summed E-state index contributed by atoms with van der Waals surface area (Å²) in [6.45, 7) is 0. The van der Waals surface area contributed by atoms with Crippen molar-refractivity contribution in [2.45, 2.75) is 12.5 Å². The van der Waals surface area contributed by atoms with E-state index in [1.807, 2.05) is 36.4 Å². The monoisotopic (exact) mass is 414 g/mol. The Bertz CT molecular complexity index is 629. The third kappa shape index (κ3) is 3.99. The highest BCUT2D eigenvalue weighted by Crippen LogP contribution is 2.32. The molecular weight excluding hydrogens is 400 g/mol. The Morgan fingerprint density at radius 2 is 1.71 bits per heavy atom. The van der Waals surface area contributed by atoms with Gasteiger partial charge in [-0.05, 0) is 35.4 Å². The van der Waals surface area contributed by atoms with Crippen molar-refractivity contribution < 1.29 is 14.6 Å². The van der Waals surface area contributed by atoms with Crippen molar-refractivity contribution in [1.29, 1.82) is 0 Å². The fraction of sp³-hybridized carbons (Fsp3) is 0.250. The molecule has 0 spiro atoms. The predicted octanol–water partition coefficient (Wildman–Crippen LogP) is 4.50. The third-order valence-electron chi connectivity index (χ3n) is 3.20. The molecule has 0 amide bonds. The summed E-state index contributed by atoms with van der Waals surface area (Å²) < 4.78 is 12.3. The SMILES string of the molecule is COc1ccc(CC(O)c2ccc(Br)cc2Br)cc1OC. The molecule has 1 N–H and O–H groups in total. The molecule has 0 saturated carbocycles. The molecule has 0 aliphatic carbocycles. The minimum absolute atomic E-state index is 0.501. The fourth-order valence-electron chi connectivity index (χ4n) is 2.11. The highest BCUT2D eigenvalue weighted by molar-refractivity contribution is 9.11. The fourth-order valence-corrected chi connectivity index (χ4v) is 3.42. The Morgan fingerprint density at radius 3 is 2.33 bits per heavy atom. The number of aliphatic hydroxyl groups is 1. The van der Waals surface area contributed by atoms with E-state index in [2.05, 4.69) is 31.9 Å². The number of halogens is 2. The summed E-state index contributed by atoms with van der Waals surface area (Å²) in [6.07, 6.45) is -0.0915. The Balaban J connectivity index is 2.21. The molecule has 0 bridgehead atoms. The molecule has 0 fully saturated rings. The Hall–Kier alpha value is -1.04. The van der Waals surface area contributed by atoms with Gasteiger partial charge in [0.2, 0.25) is 0 Å². The zero-order chi connectivity index (χ0) is 15.4. The van der Waals surface area contributed by atoms with E-state index >= 15 is 0 Å². The maximum atomic E-state index is 10.4. The summed E-state index contributed by atoms with van der Waals surface area (Å²) in [5.74, 6) is 1.35. The molecule has 3 nitrogen and oxygen atoms in total. The summed E-state index contributed by atoms with van der Waals surface area (Å²) in [6, 6.07) is 11.4. The van der Waals surface area contributed by atoms with Crippen LogP contribution in [0.4, 0.5) is 0 Å². The van der Waals surface area contributed by atoms with Crippen LogP contribution in [0.2, 0.25) is 0 Å². The maximum absolute atomic E-state index is 10.4. The van der Waals surface area contributed by atoms with Crippen LogP contribution in [-0.4, -0.2) is 19.3 Å². The van der Waals surface area contributed by atoms with E-state index in [1.54, 1.807) is 14.2 Å². The summed E-state index contributed by atoms with van der Waals surface area (Å²) in [4.78, 5) is 0. The summed E-state index contributed by atoms with van der Waals surface area (Å²) in [5.41, 5.74) is 1.84. The quantitative estimate of drug-likeness (QED) is 0.780. The first-order chi connectivity index (χ1) is 10.0. The van der Waals surface area contributed by atoms with Crippen molar-refractivity contribution in [2.24, 2.45) is 0 Å². The van der Waals surface area contributed by atoms with E-state index in [4.69, 9.17) is 9.47 Å². The van der Waals surface area contributed by atoms with Crippen molar-refractivity contribution in [3.8, 4) is 11.5 Å². The van der Waals surface area contributed by atoms with Gasteiger partial charge in [-0.3, -0.25) is 0 Å². The van der Waals surface area contributed by atoms with E-state index in [0.717, 1.165) is 20.1 Å². The number of benzene rings is 2. The highest BCUT2D eigenvalue weighted by atomic mass is 79.9. The van der Waals surface area contributed by atoms with Gasteiger partial charge in [-0.2, -0.15) is 0 Å². The normalized spacial score (nSPS) is 12.0. The van der Waals surface area contributed by atoms with Gasteiger partial charge in [0.05, 0.1) is 20.3 Å². The second-order valence-electron chi connectivity index (χ2n) is 4.58. The molecule has 2 aromatic rings. The third-order valence-corrected chi connectivity index (χ3v) is 4.38. The van der Waals surface area contributed by atoms with Crippen LogP contribution in [0, 0.1) is 0 Å². The smallest absolute Gasteiger partial charge is 0.160 e. The minimum atomic E-state index is -0.592. The Kier molecular flexibility index (Phi) is 5.67. The molecule has 2 aromatic carbocycles. The highest BCUT2D eigenvalue weighted by Gasteiger charge is 2.14. The van der Waals surface area contributed by atoms with Crippen LogP contribution in [0.15, 0.2) is 45.3 Å². The van der Waals surface area contributed by atoms with E-state index < -0.39 is 6.10 Å². The van der Waals surface area contributed by atoms with Crippen molar-refractivity contribution in [3.05, 3.63) is 56.5 Å². The average Bonchev–Trinajstić information content (AvgIpc) is 2.46. The molecule has 0 aliphatic rings. The van der Waals surface area contributed by atoms with Crippen LogP contribution in [0.25, 0.3) is 0 Å². The van der Waals surface area contributed by atoms with Gasteiger partial charge in [0, 0.05) is 15.4 Å². The number of aliphatic hydroxyl groups excluding tert-OH is 1. The van der Waals surface area contributed by atoms with E-state index in [1.165, 1.54) is 0 Å². The summed E-state index contributed by atoms with van der Waals surface area (Å²) >= 11 is 6.88. The average molecular weight is 416 g/mol. The number of hydrogen-bond donors (Lipinski definition) is 1. The van der Waals surface area contributed by atoms with Crippen LogP contribution in [0.3, 0.4) is 0 Å². The van der Waals surface area contributed by atoms with Gasteiger partial charge < -0.3 is 14.6 Å². The lowest BCUT2D eigenvalue weighted by molar-refractivity contribution is 0.177. The van der Waals surface area contributed by atoms with E-state index in [0.29, 0.717) is 17.9 Å². The van der Waals surface area contributed by atoms with Crippen LogP contribution in [-0.2, 0) is 6.42 Å². The molecular formula is C16H16Br2O3. The van der Waals surface area contributed by atoms with Crippen molar-refractivity contribution in [3.63, 3.8) is 0 Å². The van der Waals surface area contributed by atoms with Gasteiger partial charge in [-0.1, -0.05) is 44.0 Å². The van der Waals surface area contributed by atoms with Crippen LogP contribution in [0.1, 0.15) is 17.2 Å². The molecule has 1 atom stereocenters. The molecule has 0 aromatic heterocycles. The van der Waals surface area contributed by atoms with Gasteiger partial charge in [-0.15, -0.1) is 0 Å². The zero-order valence-electron chi connectivity index (χ0n) is 11.8. The maximum Gasteiger partial charge on any atom is 0.160 e. The zero-order valence-corrected chi connectivity index (χ0v) is 14.9. The van der Waals surface area contributed by atoms with E-state index in [9.17, 15) is 5.11 Å². The largest absolute Gasteiger partial charge is 0.493 e. The molecule has 0 heterocycles. The van der Waals surface area contributed by atoms with Gasteiger partial charge >= 0.3 is 0 Å². The first-order valence-corrected chi connectivity index (χ1v) is 7.97. The topological polar surface area (TPSA) is 38.7 Å². The first kappa shape index (κ1) is 16.3. The molecule has 0 aliphatic heterocycles. The van der Waals surface area contributed by atoms with Gasteiger partial charge in [-0.25, -0.2) is 0 Å². The van der Waals surface area contributed by atoms with Crippen LogP contribution in [0.5, 0.6) is 11.5 Å². The summed E-state index contributed by atoms with van der Waals surface area (Å²) in [7, 11) is 3.20. The molecule has 21 heavy (non-hydrogen) atoms. The van der Waals surface area contributed by atoms with Crippen molar-refractivity contribution in [1.82, 2.24) is 0 Å². The molecule has 0 radical (unpaired) electrons. The molecule has 2 rings (SSSR count). The van der Waals surface area contributed by atoms with Crippen molar-refractivity contribution >= 4 is 31.9 Å². The number of methoxy groups -OCH3 is 2. The second-order valence-corrected chi connectivity index (χ2v) is 6.35. The lowest BCUT2D eigenvalue weighted by atomic mass is 10.0. The standard InChI is InChI=1S/C16H16Br2O3/c1-20-15-6-3-10(8-16(15)21-2)7-14(19)12-5-4-11(17)9-13(12)18/h3-6,8-9,14,19H,7H2,1-2H3. The number of rotatable bonds is 5. The molecule has 5 heteroatoms. The molecule has 112 valence electrons. The lowest BCUT2D eigenvalue weighted by Crippen LogP contribution is -2.03. The van der Waals surface area contributed by atoms with Gasteiger partial charge in [0.15, 0.2) is 11.5 Å². The number of ether oxygens (including phenoxy) is 2. The van der Waals surface area contributed by atoms with E-state index in [-0.39, 0.29) is 0 Å². The Morgan fingerprint density at radius 1 is 1.00 bits per heavy atom. The van der Waals surface area contributed by atoms with Gasteiger partial charge in [0.25, 0.3) is 0 Å². The minimum Gasteiger partial charge on any atom is -0.493 e. The first-order valence-electron chi connectivity index (χ1n) is 6.39. The lowest BCUT2D eigenvalue weighted by Gasteiger charge is -2.15. The number of hydrogen-bond acceptors (Lipinski definition) is 3.